The Labute approximate surface area is 148 Å². The van der Waals surface area contributed by atoms with E-state index in [2.05, 4.69) is 5.32 Å². The van der Waals surface area contributed by atoms with Crippen molar-refractivity contribution in [3.63, 3.8) is 0 Å². The van der Waals surface area contributed by atoms with E-state index in [1.54, 1.807) is 0 Å². The molecule has 25 heavy (non-hydrogen) atoms. The predicted octanol–water partition coefficient (Wildman–Crippen LogP) is 2.93. The topological polar surface area (TPSA) is 50.8 Å². The Morgan fingerprint density at radius 3 is 2.48 bits per heavy atom. The van der Waals surface area contributed by atoms with Crippen molar-refractivity contribution in [1.29, 1.82) is 0 Å². The van der Waals surface area contributed by atoms with Gasteiger partial charge in [0.05, 0.1) is 13.2 Å². The first-order valence-corrected chi connectivity index (χ1v) is 8.67. The van der Waals surface area contributed by atoms with Crippen LogP contribution >= 0.6 is 0 Å². The minimum Gasteiger partial charge on any atom is -0.489 e. The van der Waals surface area contributed by atoms with Crippen molar-refractivity contribution in [1.82, 2.24) is 4.90 Å². The highest BCUT2D eigenvalue weighted by atomic mass is 16.5. The van der Waals surface area contributed by atoms with Crippen LogP contribution in [0.25, 0.3) is 0 Å². The standard InChI is InChI=1S/C20H24N2O3/c23-20(22-12-14-24-15-13-22)10-11-21-18-6-8-19(9-7-18)25-16-17-4-2-1-3-5-17/h1-9,21H,10-16H2. The lowest BCUT2D eigenvalue weighted by molar-refractivity contribution is -0.134. The predicted molar refractivity (Wildman–Crippen MR) is 97.7 cm³/mol. The summed E-state index contributed by atoms with van der Waals surface area (Å²) in [6.07, 6.45) is 0.492. The van der Waals surface area contributed by atoms with Gasteiger partial charge in [-0.05, 0) is 29.8 Å². The maximum Gasteiger partial charge on any atom is 0.224 e. The van der Waals surface area contributed by atoms with Crippen LogP contribution in [0.15, 0.2) is 54.6 Å². The van der Waals surface area contributed by atoms with E-state index in [1.165, 1.54) is 0 Å². The highest BCUT2D eigenvalue weighted by molar-refractivity contribution is 5.76. The maximum absolute atomic E-state index is 12.1. The van der Waals surface area contributed by atoms with Crippen LogP contribution in [0.2, 0.25) is 0 Å². The van der Waals surface area contributed by atoms with Crippen molar-refractivity contribution in [3.05, 3.63) is 60.2 Å². The summed E-state index contributed by atoms with van der Waals surface area (Å²) in [5, 5.41) is 3.28. The smallest absolute Gasteiger partial charge is 0.224 e. The lowest BCUT2D eigenvalue weighted by atomic mass is 10.2. The van der Waals surface area contributed by atoms with Crippen molar-refractivity contribution in [2.45, 2.75) is 13.0 Å². The molecule has 2 aromatic rings. The van der Waals surface area contributed by atoms with Gasteiger partial charge in [0.2, 0.25) is 5.91 Å². The normalized spacial score (nSPS) is 14.2. The van der Waals surface area contributed by atoms with Crippen molar-refractivity contribution in [2.24, 2.45) is 0 Å². The molecule has 0 unspecified atom stereocenters. The van der Waals surface area contributed by atoms with Crippen LogP contribution in [-0.4, -0.2) is 43.7 Å². The Kier molecular flexibility index (Phi) is 6.29. The number of rotatable bonds is 7. The molecule has 0 spiro atoms. The molecule has 5 heteroatoms. The van der Waals surface area contributed by atoms with Crippen molar-refractivity contribution in [2.75, 3.05) is 38.2 Å². The fourth-order valence-corrected chi connectivity index (χ4v) is 2.69. The van der Waals surface area contributed by atoms with Crippen LogP contribution in [0.5, 0.6) is 5.75 Å². The van der Waals surface area contributed by atoms with Crippen molar-refractivity contribution < 1.29 is 14.3 Å². The molecule has 0 saturated carbocycles. The van der Waals surface area contributed by atoms with Crippen LogP contribution in [0.3, 0.4) is 0 Å². The maximum atomic E-state index is 12.1. The fraction of sp³-hybridized carbons (Fsp3) is 0.350. The number of benzene rings is 2. The molecular weight excluding hydrogens is 316 g/mol. The van der Waals surface area contributed by atoms with Gasteiger partial charge >= 0.3 is 0 Å². The molecule has 3 rings (SSSR count). The highest BCUT2D eigenvalue weighted by Gasteiger charge is 2.15. The third kappa shape index (κ3) is 5.50. The number of carbonyl (C=O) groups is 1. The van der Waals surface area contributed by atoms with Gasteiger partial charge in [-0.2, -0.15) is 0 Å². The summed E-state index contributed by atoms with van der Waals surface area (Å²) in [6.45, 7) is 3.87. The highest BCUT2D eigenvalue weighted by Crippen LogP contribution is 2.17. The summed E-state index contributed by atoms with van der Waals surface area (Å²) in [5.41, 5.74) is 2.13. The van der Waals surface area contributed by atoms with E-state index < -0.39 is 0 Å². The molecule has 132 valence electrons. The zero-order valence-corrected chi connectivity index (χ0v) is 14.3. The summed E-state index contributed by atoms with van der Waals surface area (Å²) in [4.78, 5) is 13.9. The number of morpholine rings is 1. The Hall–Kier alpha value is -2.53. The minimum absolute atomic E-state index is 0.179. The number of anilines is 1. The Morgan fingerprint density at radius 1 is 1.04 bits per heavy atom. The lowest BCUT2D eigenvalue weighted by Crippen LogP contribution is -2.41. The average molecular weight is 340 g/mol. The van der Waals surface area contributed by atoms with Gasteiger partial charge in [-0.3, -0.25) is 4.79 Å². The minimum atomic E-state index is 0.179. The number of hydrogen-bond acceptors (Lipinski definition) is 4. The number of nitrogens with one attached hydrogen (secondary N) is 1. The Bertz CT molecular complexity index is 652. The molecule has 1 aliphatic heterocycles. The molecule has 1 saturated heterocycles. The molecule has 5 nitrogen and oxygen atoms in total. The SMILES string of the molecule is O=C(CCNc1ccc(OCc2ccccc2)cc1)N1CCOCC1. The van der Waals surface area contributed by atoms with Crippen molar-refractivity contribution in [3.8, 4) is 5.75 Å². The third-order valence-electron chi connectivity index (χ3n) is 4.13. The molecule has 1 fully saturated rings. The van der Waals surface area contributed by atoms with Crippen LogP contribution in [0.1, 0.15) is 12.0 Å². The first-order valence-electron chi connectivity index (χ1n) is 8.67. The molecule has 0 aromatic heterocycles. The van der Waals surface area contributed by atoms with Gasteiger partial charge in [0, 0.05) is 31.7 Å². The van der Waals surface area contributed by atoms with E-state index in [1.807, 2.05) is 59.5 Å². The van der Waals surface area contributed by atoms with Crippen LogP contribution in [0.4, 0.5) is 5.69 Å². The third-order valence-corrected chi connectivity index (χ3v) is 4.13. The second-order valence-electron chi connectivity index (χ2n) is 5.97. The van der Waals surface area contributed by atoms with Crippen LogP contribution in [0, 0.1) is 0 Å². The monoisotopic (exact) mass is 340 g/mol. The molecule has 1 amide bonds. The molecule has 1 aliphatic rings. The van der Waals surface area contributed by atoms with E-state index in [0.29, 0.717) is 45.9 Å². The Morgan fingerprint density at radius 2 is 1.76 bits per heavy atom. The van der Waals surface area contributed by atoms with Crippen molar-refractivity contribution >= 4 is 11.6 Å². The first kappa shape index (κ1) is 17.3. The number of ether oxygens (including phenoxy) is 2. The van der Waals surface area contributed by atoms with E-state index in [9.17, 15) is 4.79 Å². The van der Waals surface area contributed by atoms with Gasteiger partial charge in [-0.15, -0.1) is 0 Å². The number of nitrogens with zero attached hydrogens (tertiary/aromatic N) is 1. The molecule has 2 aromatic carbocycles. The zero-order valence-electron chi connectivity index (χ0n) is 14.3. The first-order chi connectivity index (χ1) is 12.3. The van der Waals surface area contributed by atoms with Gasteiger partial charge in [0.25, 0.3) is 0 Å². The summed E-state index contributed by atoms with van der Waals surface area (Å²) in [6, 6.07) is 17.9. The fourth-order valence-electron chi connectivity index (χ4n) is 2.69. The molecule has 0 aliphatic carbocycles. The number of hydrogen-bond donors (Lipinski definition) is 1. The van der Waals surface area contributed by atoms with E-state index in [4.69, 9.17) is 9.47 Å². The van der Waals surface area contributed by atoms with Gasteiger partial charge in [0.15, 0.2) is 0 Å². The molecule has 0 bridgehead atoms. The van der Waals surface area contributed by atoms with Crippen LogP contribution in [-0.2, 0) is 16.1 Å². The van der Waals surface area contributed by atoms with Gasteiger partial charge in [0.1, 0.15) is 12.4 Å². The van der Waals surface area contributed by atoms with E-state index in [0.717, 1.165) is 17.0 Å². The van der Waals surface area contributed by atoms with Gasteiger partial charge in [-0.1, -0.05) is 30.3 Å². The quantitative estimate of drug-likeness (QED) is 0.842. The zero-order chi connectivity index (χ0) is 17.3. The largest absolute Gasteiger partial charge is 0.489 e. The molecule has 1 N–H and O–H groups in total. The number of amides is 1. The van der Waals surface area contributed by atoms with Gasteiger partial charge < -0.3 is 19.7 Å². The summed E-state index contributed by atoms with van der Waals surface area (Å²) in [7, 11) is 0. The summed E-state index contributed by atoms with van der Waals surface area (Å²) >= 11 is 0. The summed E-state index contributed by atoms with van der Waals surface area (Å²) in [5.74, 6) is 1.01. The second-order valence-corrected chi connectivity index (χ2v) is 5.97. The molecular formula is C20H24N2O3. The number of carbonyl (C=O) groups excluding carboxylic acids is 1. The molecule has 1 heterocycles. The Balaban J connectivity index is 1.39. The lowest BCUT2D eigenvalue weighted by Gasteiger charge is -2.26. The second kappa shape index (κ2) is 9.08. The summed E-state index contributed by atoms with van der Waals surface area (Å²) < 4.78 is 11.0. The average Bonchev–Trinajstić information content (AvgIpc) is 2.69. The van der Waals surface area contributed by atoms with Crippen LogP contribution < -0.4 is 10.1 Å². The van der Waals surface area contributed by atoms with Gasteiger partial charge in [-0.25, -0.2) is 0 Å². The van der Waals surface area contributed by atoms with E-state index in [-0.39, 0.29) is 5.91 Å². The molecule has 0 radical (unpaired) electrons. The molecule has 0 atom stereocenters. The van der Waals surface area contributed by atoms with E-state index >= 15 is 0 Å².